The molecule has 0 spiro atoms. The summed E-state index contributed by atoms with van der Waals surface area (Å²) < 4.78 is 22.8. The minimum Gasteiger partial charge on any atom is -0.394 e. The number of rotatable bonds is 59. The second kappa shape index (κ2) is 63.1. The number of hydrogen-bond donors (Lipinski definition) is 9. The average Bonchev–Trinajstić information content (AvgIpc) is 0.801. The maximum atomic E-state index is 13.3. The molecule has 2 aliphatic heterocycles. The first-order chi connectivity index (χ1) is 46.6. The molecule has 0 aromatic carbocycles. The van der Waals surface area contributed by atoms with Crippen molar-refractivity contribution in [2.24, 2.45) is 0 Å². The summed E-state index contributed by atoms with van der Waals surface area (Å²) in [5.74, 6) is -0.301. The van der Waals surface area contributed by atoms with E-state index in [1.54, 1.807) is 6.08 Å². The van der Waals surface area contributed by atoms with Gasteiger partial charge in [0.1, 0.15) is 48.8 Å². The van der Waals surface area contributed by atoms with E-state index in [1.165, 1.54) is 116 Å². The Morgan fingerprint density at radius 2 is 0.737 bits per heavy atom. The van der Waals surface area contributed by atoms with Crippen molar-refractivity contribution in [3.63, 3.8) is 0 Å². The molecule has 0 radical (unpaired) electrons. The van der Waals surface area contributed by atoms with Gasteiger partial charge >= 0.3 is 0 Å². The maximum Gasteiger partial charge on any atom is 0.220 e. The lowest BCUT2D eigenvalue weighted by atomic mass is 9.97. The highest BCUT2D eigenvalue weighted by Crippen LogP contribution is 2.30. The van der Waals surface area contributed by atoms with Crippen LogP contribution in [0.5, 0.6) is 0 Å². The zero-order valence-corrected chi connectivity index (χ0v) is 58.8. The van der Waals surface area contributed by atoms with E-state index in [-0.39, 0.29) is 18.9 Å². The van der Waals surface area contributed by atoms with Gasteiger partial charge in [0, 0.05) is 6.42 Å². The van der Waals surface area contributed by atoms with Gasteiger partial charge in [-0.15, -0.1) is 0 Å². The van der Waals surface area contributed by atoms with Crippen molar-refractivity contribution in [1.82, 2.24) is 5.32 Å². The third-order valence-corrected chi connectivity index (χ3v) is 16.9. The van der Waals surface area contributed by atoms with E-state index in [9.17, 15) is 45.6 Å². The van der Waals surface area contributed by atoms with Crippen LogP contribution in [0.2, 0.25) is 0 Å². The highest BCUT2D eigenvalue weighted by molar-refractivity contribution is 5.76. The van der Waals surface area contributed by atoms with Gasteiger partial charge in [0.2, 0.25) is 5.91 Å². The van der Waals surface area contributed by atoms with E-state index in [4.69, 9.17) is 18.9 Å². The van der Waals surface area contributed by atoms with E-state index in [0.29, 0.717) is 12.8 Å². The minimum atomic E-state index is -1.81. The zero-order chi connectivity index (χ0) is 68.7. The molecule has 0 bridgehead atoms. The van der Waals surface area contributed by atoms with Crippen LogP contribution in [0.25, 0.3) is 0 Å². The van der Waals surface area contributed by atoms with Crippen molar-refractivity contribution in [3.05, 3.63) is 158 Å². The second-order valence-corrected chi connectivity index (χ2v) is 25.3. The summed E-state index contributed by atoms with van der Waals surface area (Å²) in [5.41, 5.74) is 0. The number of carbonyl (C=O) groups is 1. The molecule has 2 fully saturated rings. The Morgan fingerprint density at radius 3 is 1.16 bits per heavy atom. The van der Waals surface area contributed by atoms with Crippen LogP contribution in [0, 0.1) is 0 Å². The van der Waals surface area contributed by atoms with Crippen LogP contribution >= 0.6 is 0 Å². The minimum absolute atomic E-state index is 0.203. The van der Waals surface area contributed by atoms with Gasteiger partial charge in [-0.3, -0.25) is 4.79 Å². The Kier molecular flexibility index (Phi) is 57.6. The van der Waals surface area contributed by atoms with Gasteiger partial charge in [0.05, 0.1) is 32.0 Å². The van der Waals surface area contributed by atoms with Crippen LogP contribution in [-0.4, -0.2) is 140 Å². The molecule has 2 heterocycles. The van der Waals surface area contributed by atoms with Crippen molar-refractivity contribution in [3.8, 4) is 0 Å². The molecule has 1 amide bonds. The number of unbranched alkanes of at least 4 members (excludes halogenated alkanes) is 22. The van der Waals surface area contributed by atoms with Crippen LogP contribution in [0.15, 0.2) is 158 Å². The number of carbonyl (C=O) groups excluding carboxylic acids is 1. The van der Waals surface area contributed by atoms with Gasteiger partial charge in [-0.2, -0.15) is 0 Å². The Labute approximate surface area is 575 Å². The van der Waals surface area contributed by atoms with E-state index in [0.717, 1.165) is 103 Å². The van der Waals surface area contributed by atoms with Crippen molar-refractivity contribution in [2.45, 2.75) is 325 Å². The Hall–Kier alpha value is -4.39. The topological polar surface area (TPSA) is 228 Å². The van der Waals surface area contributed by atoms with Gasteiger partial charge in [-0.05, 0) is 122 Å². The molecular formula is C81H133NO13. The summed E-state index contributed by atoms with van der Waals surface area (Å²) in [6.45, 7) is 2.64. The normalized spacial score (nSPS) is 23.3. The number of aliphatic hydroxyl groups excluding tert-OH is 8. The summed E-state index contributed by atoms with van der Waals surface area (Å²) in [6.07, 6.45) is 80.2. The van der Waals surface area contributed by atoms with Crippen LogP contribution in [0.3, 0.4) is 0 Å². The molecule has 0 saturated carbocycles. The van der Waals surface area contributed by atoms with E-state index >= 15 is 0 Å². The van der Waals surface area contributed by atoms with Crippen molar-refractivity contribution >= 4 is 5.91 Å². The lowest BCUT2D eigenvalue weighted by Gasteiger charge is -2.46. The van der Waals surface area contributed by atoms with Gasteiger partial charge < -0.3 is 65.1 Å². The predicted molar refractivity (Wildman–Crippen MR) is 391 cm³/mol. The Bertz CT molecular complexity index is 2210. The summed E-state index contributed by atoms with van der Waals surface area (Å²) in [7, 11) is 0. The molecule has 2 saturated heterocycles. The smallest absolute Gasteiger partial charge is 0.220 e. The van der Waals surface area contributed by atoms with Crippen molar-refractivity contribution < 1.29 is 64.6 Å². The molecule has 12 atom stereocenters. The first-order valence-electron chi connectivity index (χ1n) is 37.2. The van der Waals surface area contributed by atoms with Gasteiger partial charge in [-0.1, -0.05) is 281 Å². The SMILES string of the molecule is CC/C=C\C/C=C\C/C=C\C/C=C\C/C=C\C/C=C\C/C=C\C/C=C\C/C=C\C/C=C\CCCCC(=O)NC(COC1OC(CO)C(OC2OC(CO)C(O)C(O)C2O)C(O)C1O)C(O)/C=C/CC/C=C/CC/C=C/CCCCCCCCCCCCCCCCCCCC. The van der Waals surface area contributed by atoms with Gasteiger partial charge in [0.25, 0.3) is 0 Å². The van der Waals surface area contributed by atoms with Crippen LogP contribution < -0.4 is 5.32 Å². The van der Waals surface area contributed by atoms with E-state index < -0.39 is 86.8 Å². The molecule has 0 aromatic rings. The number of aliphatic hydroxyl groups is 8. The quantitative estimate of drug-likeness (QED) is 0.0204. The highest BCUT2D eigenvalue weighted by Gasteiger charge is 2.51. The number of ether oxygens (including phenoxy) is 4. The molecule has 540 valence electrons. The number of nitrogens with one attached hydrogen (secondary N) is 1. The number of amides is 1. The van der Waals surface area contributed by atoms with Crippen LogP contribution in [0.4, 0.5) is 0 Å². The van der Waals surface area contributed by atoms with Crippen LogP contribution in [0.1, 0.15) is 251 Å². The molecule has 12 unspecified atom stereocenters. The molecule has 95 heavy (non-hydrogen) atoms. The third kappa shape index (κ3) is 46.5. The molecule has 14 heteroatoms. The molecule has 2 aliphatic rings. The zero-order valence-electron chi connectivity index (χ0n) is 58.8. The number of hydrogen-bond acceptors (Lipinski definition) is 13. The Balaban J connectivity index is 1.73. The average molecular weight is 1330 g/mol. The molecule has 14 nitrogen and oxygen atoms in total. The fourth-order valence-corrected chi connectivity index (χ4v) is 11.1. The standard InChI is InChI=1S/C81H133NO13/c1-3-5-7-9-11-13-15-17-19-21-23-25-27-29-31-33-34-35-36-37-39-41-43-45-47-49-51-53-55-57-59-61-63-65-73(86)82-69(68-92-80-78(91)76(89)79(72(67-84)94-80)95-81-77(90)75(88)74(87)71(66-83)93-81)70(85)64-62-60-58-56-54-52-50-48-46-44-42-40-38-32-30-28-26-24-22-20-18-16-14-12-10-8-6-4-2/h5,7,11,13,17,19,23,25,29,31,34-35,37,39,43,45-46,48-49,51,54-57,62,64,69-72,74-81,83-85,87-91H,3-4,6,8-10,12,14-16,18,20-22,24,26-28,30,32-33,36,38,40-42,44,47,50,52-53,58-61,63,65-68H2,1-2H3,(H,82,86)/b7-5-,13-11-,19-17-,25-23-,31-29-,35-34-,39-37-,45-43-,48-46+,51-49-,56-54+,57-55-,64-62+. The van der Waals surface area contributed by atoms with Gasteiger partial charge in [-0.25, -0.2) is 0 Å². The fraction of sp³-hybridized carbons (Fsp3) is 0.667. The molecule has 2 rings (SSSR count). The summed E-state index contributed by atoms with van der Waals surface area (Å²) in [6, 6.07) is -0.976. The lowest BCUT2D eigenvalue weighted by molar-refractivity contribution is -0.359. The van der Waals surface area contributed by atoms with E-state index in [2.05, 4.69) is 165 Å². The number of allylic oxidation sites excluding steroid dienone is 25. The molecular weight excluding hydrogens is 1190 g/mol. The first kappa shape index (κ1) is 86.7. The summed E-state index contributed by atoms with van der Waals surface area (Å²) >= 11 is 0. The summed E-state index contributed by atoms with van der Waals surface area (Å²) in [4.78, 5) is 13.3. The van der Waals surface area contributed by atoms with Crippen molar-refractivity contribution in [1.29, 1.82) is 0 Å². The predicted octanol–water partition coefficient (Wildman–Crippen LogP) is 16.2. The van der Waals surface area contributed by atoms with Gasteiger partial charge in [0.15, 0.2) is 12.6 Å². The Morgan fingerprint density at radius 1 is 0.389 bits per heavy atom. The van der Waals surface area contributed by atoms with Crippen LogP contribution in [-0.2, 0) is 23.7 Å². The maximum absolute atomic E-state index is 13.3. The highest BCUT2D eigenvalue weighted by atomic mass is 16.7. The van der Waals surface area contributed by atoms with Crippen molar-refractivity contribution in [2.75, 3.05) is 19.8 Å². The largest absolute Gasteiger partial charge is 0.394 e. The molecule has 0 aliphatic carbocycles. The molecule has 9 N–H and O–H groups in total. The molecule has 0 aromatic heterocycles. The van der Waals surface area contributed by atoms with E-state index in [1.807, 2.05) is 6.08 Å². The monoisotopic (exact) mass is 1330 g/mol. The first-order valence-corrected chi connectivity index (χ1v) is 37.2. The fourth-order valence-electron chi connectivity index (χ4n) is 11.1. The lowest BCUT2D eigenvalue weighted by Crippen LogP contribution is -2.65. The summed E-state index contributed by atoms with van der Waals surface area (Å²) in [5, 5.41) is 87.5. The second-order valence-electron chi connectivity index (χ2n) is 25.3. The third-order valence-electron chi connectivity index (χ3n) is 16.9.